The lowest BCUT2D eigenvalue weighted by molar-refractivity contribution is 0.0553. The van der Waals surface area contributed by atoms with Crippen LogP contribution in [0.15, 0.2) is 41.2 Å². The summed E-state index contributed by atoms with van der Waals surface area (Å²) in [5.74, 6) is -1.57. The number of aromatic nitrogens is 2. The molecule has 0 aliphatic rings. The summed E-state index contributed by atoms with van der Waals surface area (Å²) in [4.78, 5) is 37.3. The van der Waals surface area contributed by atoms with Crippen LogP contribution in [0, 0.1) is 0 Å². The number of hydrogen-bond donors (Lipinski definition) is 0. The topological polar surface area (TPSA) is 87.0 Å². The number of esters is 2. The van der Waals surface area contributed by atoms with Crippen molar-refractivity contribution in [1.29, 1.82) is 0 Å². The molecule has 0 N–H and O–H groups in total. The second kappa shape index (κ2) is 5.27. The number of ether oxygens (including phenoxy) is 2. The molecule has 0 saturated heterocycles. The van der Waals surface area contributed by atoms with Gasteiger partial charge >= 0.3 is 11.9 Å². The molecule has 0 aliphatic carbocycles. The molecular formula is C18H12N2O5. The Kier molecular flexibility index (Phi) is 3.18. The second-order valence-electron chi connectivity index (χ2n) is 5.48. The SMILES string of the molecule is COC(=O)c1nn2c(=O)c3cccc4cccc(c43)c2c1C(=O)OC. The van der Waals surface area contributed by atoms with Crippen LogP contribution in [0.25, 0.3) is 27.1 Å². The smallest absolute Gasteiger partial charge is 0.359 e. The van der Waals surface area contributed by atoms with E-state index in [1.54, 1.807) is 18.2 Å². The molecule has 2 heterocycles. The van der Waals surface area contributed by atoms with Gasteiger partial charge in [0.05, 0.1) is 25.1 Å². The summed E-state index contributed by atoms with van der Waals surface area (Å²) >= 11 is 0. The van der Waals surface area contributed by atoms with Crippen molar-refractivity contribution in [2.45, 2.75) is 0 Å². The van der Waals surface area contributed by atoms with E-state index in [1.807, 2.05) is 18.2 Å². The average molecular weight is 336 g/mol. The summed E-state index contributed by atoms with van der Waals surface area (Å²) in [6, 6.07) is 10.8. The molecule has 4 rings (SSSR count). The van der Waals surface area contributed by atoms with Gasteiger partial charge in [-0.3, -0.25) is 4.79 Å². The van der Waals surface area contributed by atoms with Gasteiger partial charge in [0.1, 0.15) is 5.56 Å². The van der Waals surface area contributed by atoms with Crippen LogP contribution in [0.5, 0.6) is 0 Å². The first kappa shape index (κ1) is 15.1. The Morgan fingerprint density at radius 3 is 2.24 bits per heavy atom. The summed E-state index contributed by atoms with van der Waals surface area (Å²) in [5, 5.41) is 6.70. The van der Waals surface area contributed by atoms with Gasteiger partial charge in [0.15, 0.2) is 5.69 Å². The number of carbonyl (C=O) groups excluding carboxylic acids is 2. The molecule has 0 amide bonds. The van der Waals surface area contributed by atoms with Gasteiger partial charge in [-0.25, -0.2) is 9.59 Å². The van der Waals surface area contributed by atoms with Gasteiger partial charge in [0.25, 0.3) is 5.56 Å². The molecule has 0 fully saturated rings. The van der Waals surface area contributed by atoms with E-state index in [2.05, 4.69) is 5.10 Å². The second-order valence-corrected chi connectivity index (χ2v) is 5.48. The van der Waals surface area contributed by atoms with Crippen LogP contribution < -0.4 is 5.56 Å². The van der Waals surface area contributed by atoms with E-state index >= 15 is 0 Å². The number of methoxy groups -OCH3 is 2. The monoisotopic (exact) mass is 336 g/mol. The predicted molar refractivity (Wildman–Crippen MR) is 90.3 cm³/mol. The zero-order valence-corrected chi connectivity index (χ0v) is 13.4. The number of carbonyl (C=O) groups is 2. The first-order valence-electron chi connectivity index (χ1n) is 7.45. The normalized spacial score (nSPS) is 11.3. The van der Waals surface area contributed by atoms with E-state index in [4.69, 9.17) is 9.47 Å². The lowest BCUT2D eigenvalue weighted by atomic mass is 10.00. The Bertz CT molecular complexity index is 1220. The van der Waals surface area contributed by atoms with Crippen LogP contribution >= 0.6 is 0 Å². The number of fused-ring (bicyclic) bond motifs is 2. The summed E-state index contributed by atoms with van der Waals surface area (Å²) in [6.45, 7) is 0. The molecule has 0 spiro atoms. The third kappa shape index (κ3) is 1.92. The number of benzene rings is 2. The maximum absolute atomic E-state index is 12.9. The minimum absolute atomic E-state index is 0.0790. The summed E-state index contributed by atoms with van der Waals surface area (Å²) < 4.78 is 10.6. The first-order valence-corrected chi connectivity index (χ1v) is 7.45. The number of nitrogens with zero attached hydrogens (tertiary/aromatic N) is 2. The fourth-order valence-corrected chi connectivity index (χ4v) is 3.18. The Hall–Kier alpha value is -3.48. The molecule has 0 unspecified atom stereocenters. The van der Waals surface area contributed by atoms with Crippen molar-refractivity contribution in [3.05, 3.63) is 58.0 Å². The Morgan fingerprint density at radius 1 is 0.960 bits per heavy atom. The van der Waals surface area contributed by atoms with Crippen molar-refractivity contribution >= 4 is 39.0 Å². The molecule has 7 nitrogen and oxygen atoms in total. The van der Waals surface area contributed by atoms with Crippen molar-refractivity contribution in [2.24, 2.45) is 0 Å². The molecule has 0 radical (unpaired) electrons. The van der Waals surface area contributed by atoms with Crippen LogP contribution in [0.1, 0.15) is 20.8 Å². The van der Waals surface area contributed by atoms with Gasteiger partial charge < -0.3 is 9.47 Å². The van der Waals surface area contributed by atoms with Crippen LogP contribution in [0.3, 0.4) is 0 Å². The van der Waals surface area contributed by atoms with E-state index in [0.29, 0.717) is 16.2 Å². The van der Waals surface area contributed by atoms with E-state index in [9.17, 15) is 14.4 Å². The van der Waals surface area contributed by atoms with Crippen LogP contribution in [0.4, 0.5) is 0 Å². The number of pyridine rings is 1. The number of rotatable bonds is 2. The maximum atomic E-state index is 12.9. The Morgan fingerprint density at radius 2 is 1.60 bits per heavy atom. The molecule has 0 atom stereocenters. The maximum Gasteiger partial charge on any atom is 0.359 e. The summed E-state index contributed by atoms with van der Waals surface area (Å²) in [5.41, 5.74) is -0.506. The fraction of sp³-hybridized carbons (Fsp3) is 0.111. The largest absolute Gasteiger partial charge is 0.465 e. The van der Waals surface area contributed by atoms with E-state index in [-0.39, 0.29) is 16.8 Å². The predicted octanol–water partition coefficient (Wildman–Crippen LogP) is 2.01. The highest BCUT2D eigenvalue weighted by molar-refractivity contribution is 6.20. The molecular weight excluding hydrogens is 324 g/mol. The lowest BCUT2D eigenvalue weighted by Crippen LogP contribution is -2.15. The minimum Gasteiger partial charge on any atom is -0.465 e. The number of hydrogen-bond acceptors (Lipinski definition) is 6. The minimum atomic E-state index is -0.814. The van der Waals surface area contributed by atoms with E-state index in [0.717, 1.165) is 9.90 Å². The van der Waals surface area contributed by atoms with Crippen LogP contribution in [-0.4, -0.2) is 35.8 Å². The molecule has 25 heavy (non-hydrogen) atoms. The highest BCUT2D eigenvalue weighted by atomic mass is 16.5. The molecule has 2 aromatic heterocycles. The van der Waals surface area contributed by atoms with E-state index < -0.39 is 17.5 Å². The van der Waals surface area contributed by atoms with Gasteiger partial charge in [0.2, 0.25) is 0 Å². The third-order valence-electron chi connectivity index (χ3n) is 4.24. The van der Waals surface area contributed by atoms with Crippen molar-refractivity contribution in [3.8, 4) is 0 Å². The highest BCUT2D eigenvalue weighted by Gasteiger charge is 2.29. The zero-order chi connectivity index (χ0) is 17.7. The lowest BCUT2D eigenvalue weighted by Gasteiger charge is -2.07. The molecule has 2 aromatic carbocycles. The van der Waals surface area contributed by atoms with Crippen molar-refractivity contribution in [1.82, 2.24) is 9.61 Å². The summed E-state index contributed by atoms with van der Waals surface area (Å²) in [6.07, 6.45) is 0. The van der Waals surface area contributed by atoms with Crippen LogP contribution in [-0.2, 0) is 9.47 Å². The van der Waals surface area contributed by atoms with Crippen molar-refractivity contribution in [3.63, 3.8) is 0 Å². The molecule has 124 valence electrons. The van der Waals surface area contributed by atoms with Gasteiger partial charge in [-0.2, -0.15) is 9.61 Å². The summed E-state index contributed by atoms with van der Waals surface area (Å²) in [7, 11) is 2.38. The molecule has 7 heteroatoms. The average Bonchev–Trinajstić information content (AvgIpc) is 3.05. The zero-order valence-electron chi connectivity index (χ0n) is 13.4. The third-order valence-corrected chi connectivity index (χ3v) is 4.24. The van der Waals surface area contributed by atoms with Crippen molar-refractivity contribution in [2.75, 3.05) is 14.2 Å². The quantitative estimate of drug-likeness (QED) is 0.521. The Labute approximate surface area is 140 Å². The molecule has 0 saturated carbocycles. The highest BCUT2D eigenvalue weighted by Crippen LogP contribution is 2.30. The van der Waals surface area contributed by atoms with Crippen molar-refractivity contribution < 1.29 is 19.1 Å². The first-order chi connectivity index (χ1) is 12.1. The van der Waals surface area contributed by atoms with Gasteiger partial charge in [-0.1, -0.05) is 30.3 Å². The van der Waals surface area contributed by atoms with Gasteiger partial charge in [-0.15, -0.1) is 0 Å². The Balaban J connectivity index is 2.34. The van der Waals surface area contributed by atoms with Gasteiger partial charge in [-0.05, 0) is 11.5 Å². The molecule has 0 bridgehead atoms. The standard InChI is InChI=1S/C18H12N2O5/c1-24-17(22)13-14(18(23)25-2)19-20-15(13)10-7-3-5-9-6-4-8-11(12(9)10)16(20)21/h3-8H,1-2H3. The van der Waals surface area contributed by atoms with Crippen LogP contribution in [0.2, 0.25) is 0 Å². The van der Waals surface area contributed by atoms with Gasteiger partial charge in [0, 0.05) is 10.8 Å². The van der Waals surface area contributed by atoms with E-state index in [1.165, 1.54) is 14.2 Å². The molecule has 0 aliphatic heterocycles. The molecule has 4 aromatic rings. The fourth-order valence-electron chi connectivity index (χ4n) is 3.18.